The lowest BCUT2D eigenvalue weighted by atomic mass is 10.2. The van der Waals surface area contributed by atoms with Crippen LogP contribution in [0.4, 0.5) is 0 Å². The van der Waals surface area contributed by atoms with Crippen LogP contribution in [0.5, 0.6) is 0 Å². The van der Waals surface area contributed by atoms with Gasteiger partial charge in [-0.25, -0.2) is 0 Å². The van der Waals surface area contributed by atoms with Crippen molar-refractivity contribution in [3.8, 4) is 0 Å². The summed E-state index contributed by atoms with van der Waals surface area (Å²) in [4.78, 5) is 11.8. The number of carboxylic acids is 1. The lowest BCUT2D eigenvalue weighted by Crippen LogP contribution is -2.14. The first kappa shape index (κ1) is 14.1. The van der Waals surface area contributed by atoms with E-state index in [0.717, 1.165) is 24.4 Å². The van der Waals surface area contributed by atoms with E-state index in [2.05, 4.69) is 18.3 Å². The minimum atomic E-state index is -0.774. The predicted molar refractivity (Wildman–Crippen MR) is 71.4 cm³/mol. The number of hydrogen-bond acceptors (Lipinski definition) is 3. The molecule has 0 saturated carbocycles. The van der Waals surface area contributed by atoms with Crippen LogP contribution in [0.3, 0.4) is 0 Å². The van der Waals surface area contributed by atoms with Crippen LogP contribution in [0.2, 0.25) is 0 Å². The lowest BCUT2D eigenvalue weighted by Gasteiger charge is -2.08. The van der Waals surface area contributed by atoms with Crippen LogP contribution in [0.25, 0.3) is 0 Å². The summed E-state index contributed by atoms with van der Waals surface area (Å²) in [5.74, 6) is -0.774. The highest BCUT2D eigenvalue weighted by Gasteiger charge is 2.12. The van der Waals surface area contributed by atoms with Crippen molar-refractivity contribution in [1.82, 2.24) is 5.32 Å². The van der Waals surface area contributed by atoms with Crippen molar-refractivity contribution in [1.29, 1.82) is 0 Å². The molecule has 1 rings (SSSR count). The Labute approximate surface area is 107 Å². The summed E-state index contributed by atoms with van der Waals surface area (Å²) in [6, 6.07) is 8.03. The van der Waals surface area contributed by atoms with Crippen LogP contribution < -0.4 is 5.32 Å². The second-order valence-corrected chi connectivity index (χ2v) is 5.34. The lowest BCUT2D eigenvalue weighted by molar-refractivity contribution is -0.136. The first-order chi connectivity index (χ1) is 8.13. The van der Waals surface area contributed by atoms with Gasteiger partial charge in [0.25, 0.3) is 0 Å². The molecule has 0 spiro atoms. The summed E-state index contributed by atoms with van der Waals surface area (Å²) in [6.07, 6.45) is 1.12. The van der Waals surface area contributed by atoms with Crippen molar-refractivity contribution in [2.45, 2.75) is 37.0 Å². The van der Waals surface area contributed by atoms with Crippen LogP contribution in [0.1, 0.15) is 25.8 Å². The Kier molecular flexibility index (Phi) is 6.08. The molecule has 0 heterocycles. The minimum Gasteiger partial charge on any atom is -0.480 e. The van der Waals surface area contributed by atoms with Crippen molar-refractivity contribution >= 4 is 17.7 Å². The number of aliphatic carboxylic acids is 1. The molecular weight excluding hydrogens is 234 g/mol. The molecule has 0 bridgehead atoms. The molecule has 0 radical (unpaired) electrons. The molecule has 1 unspecified atom stereocenters. The third-order valence-corrected chi connectivity index (χ3v) is 3.40. The van der Waals surface area contributed by atoms with Crippen molar-refractivity contribution in [2.75, 3.05) is 6.54 Å². The van der Waals surface area contributed by atoms with Gasteiger partial charge in [0, 0.05) is 11.4 Å². The van der Waals surface area contributed by atoms with E-state index >= 15 is 0 Å². The van der Waals surface area contributed by atoms with E-state index in [9.17, 15) is 4.79 Å². The SMILES string of the molecule is CCCNCc1cccc(SC(C)C(=O)O)c1. The number of carboxylic acid groups (broad SMARTS) is 1. The van der Waals surface area contributed by atoms with Gasteiger partial charge in [-0.05, 0) is 37.6 Å². The third kappa shape index (κ3) is 5.24. The molecule has 1 atom stereocenters. The average Bonchev–Trinajstić information content (AvgIpc) is 2.30. The highest BCUT2D eigenvalue weighted by Crippen LogP contribution is 2.24. The molecule has 0 fully saturated rings. The van der Waals surface area contributed by atoms with E-state index < -0.39 is 11.2 Å². The van der Waals surface area contributed by atoms with Gasteiger partial charge in [0.15, 0.2) is 0 Å². The first-order valence-corrected chi connectivity index (χ1v) is 6.70. The molecule has 0 amide bonds. The maximum atomic E-state index is 10.8. The predicted octanol–water partition coefficient (Wildman–Crippen LogP) is 2.75. The molecule has 1 aromatic carbocycles. The van der Waals surface area contributed by atoms with E-state index in [4.69, 9.17) is 5.11 Å². The van der Waals surface area contributed by atoms with Crippen LogP contribution >= 0.6 is 11.8 Å². The highest BCUT2D eigenvalue weighted by molar-refractivity contribution is 8.00. The number of thioether (sulfide) groups is 1. The Hall–Kier alpha value is -1.00. The Morgan fingerprint density at radius 2 is 2.29 bits per heavy atom. The quantitative estimate of drug-likeness (QED) is 0.579. The molecule has 0 aliphatic carbocycles. The summed E-state index contributed by atoms with van der Waals surface area (Å²) >= 11 is 1.38. The Balaban J connectivity index is 2.56. The zero-order chi connectivity index (χ0) is 12.7. The number of nitrogens with one attached hydrogen (secondary N) is 1. The number of hydrogen-bond donors (Lipinski definition) is 2. The Morgan fingerprint density at radius 1 is 1.53 bits per heavy atom. The van der Waals surface area contributed by atoms with Gasteiger partial charge in [0.1, 0.15) is 5.25 Å². The molecule has 2 N–H and O–H groups in total. The summed E-state index contributed by atoms with van der Waals surface area (Å²) in [5.41, 5.74) is 1.20. The average molecular weight is 253 g/mol. The summed E-state index contributed by atoms with van der Waals surface area (Å²) in [5, 5.41) is 11.8. The smallest absolute Gasteiger partial charge is 0.316 e. The molecular formula is C13H19NO2S. The molecule has 4 heteroatoms. The van der Waals surface area contributed by atoms with Crippen LogP contribution in [0.15, 0.2) is 29.2 Å². The van der Waals surface area contributed by atoms with Gasteiger partial charge < -0.3 is 10.4 Å². The fraction of sp³-hybridized carbons (Fsp3) is 0.462. The van der Waals surface area contributed by atoms with E-state index in [1.807, 2.05) is 18.2 Å². The van der Waals surface area contributed by atoms with Gasteiger partial charge >= 0.3 is 5.97 Å². The van der Waals surface area contributed by atoms with Gasteiger partial charge in [-0.2, -0.15) is 0 Å². The molecule has 0 saturated heterocycles. The summed E-state index contributed by atoms with van der Waals surface area (Å²) in [6.45, 7) is 5.68. The van der Waals surface area contributed by atoms with Gasteiger partial charge in [0.05, 0.1) is 0 Å². The molecule has 0 aliphatic rings. The molecule has 17 heavy (non-hydrogen) atoms. The minimum absolute atomic E-state index is 0.408. The van der Waals surface area contributed by atoms with Crippen LogP contribution in [-0.4, -0.2) is 22.9 Å². The van der Waals surface area contributed by atoms with Crippen molar-refractivity contribution in [3.05, 3.63) is 29.8 Å². The second-order valence-electron chi connectivity index (χ2n) is 3.92. The maximum Gasteiger partial charge on any atom is 0.316 e. The van der Waals surface area contributed by atoms with Gasteiger partial charge in [0.2, 0.25) is 0 Å². The number of benzene rings is 1. The van der Waals surface area contributed by atoms with E-state index in [1.165, 1.54) is 17.3 Å². The molecule has 0 aliphatic heterocycles. The van der Waals surface area contributed by atoms with Crippen molar-refractivity contribution < 1.29 is 9.90 Å². The monoisotopic (exact) mass is 253 g/mol. The molecule has 1 aromatic rings. The van der Waals surface area contributed by atoms with Crippen molar-refractivity contribution in [3.63, 3.8) is 0 Å². The third-order valence-electron chi connectivity index (χ3n) is 2.31. The second kappa shape index (κ2) is 7.35. The Bertz CT molecular complexity index is 368. The van der Waals surface area contributed by atoms with E-state index in [0.29, 0.717) is 0 Å². The maximum absolute atomic E-state index is 10.8. The van der Waals surface area contributed by atoms with Crippen LogP contribution in [0, 0.1) is 0 Å². The Morgan fingerprint density at radius 3 is 2.94 bits per heavy atom. The van der Waals surface area contributed by atoms with Gasteiger partial charge in [-0.1, -0.05) is 19.1 Å². The fourth-order valence-corrected chi connectivity index (χ4v) is 2.28. The van der Waals surface area contributed by atoms with Gasteiger partial charge in [-0.15, -0.1) is 11.8 Å². The topological polar surface area (TPSA) is 49.3 Å². The van der Waals surface area contributed by atoms with E-state index in [-0.39, 0.29) is 0 Å². The largest absolute Gasteiger partial charge is 0.480 e. The highest BCUT2D eigenvalue weighted by atomic mass is 32.2. The molecule has 0 aromatic heterocycles. The van der Waals surface area contributed by atoms with Crippen LogP contribution in [-0.2, 0) is 11.3 Å². The summed E-state index contributed by atoms with van der Waals surface area (Å²) in [7, 11) is 0. The number of rotatable bonds is 7. The van der Waals surface area contributed by atoms with Crippen molar-refractivity contribution in [2.24, 2.45) is 0 Å². The normalized spacial score (nSPS) is 12.4. The first-order valence-electron chi connectivity index (χ1n) is 5.82. The van der Waals surface area contributed by atoms with E-state index in [1.54, 1.807) is 6.92 Å². The van der Waals surface area contributed by atoms with Gasteiger partial charge in [-0.3, -0.25) is 4.79 Å². The fourth-order valence-electron chi connectivity index (χ4n) is 1.39. The molecule has 94 valence electrons. The summed E-state index contributed by atoms with van der Waals surface area (Å²) < 4.78 is 0. The molecule has 3 nitrogen and oxygen atoms in total. The number of carbonyl (C=O) groups is 1. The zero-order valence-electron chi connectivity index (χ0n) is 10.3. The zero-order valence-corrected chi connectivity index (χ0v) is 11.1. The standard InChI is InChI=1S/C13H19NO2S/c1-3-7-14-9-11-5-4-6-12(8-11)17-10(2)13(15)16/h4-6,8,10,14H,3,7,9H2,1-2H3,(H,15,16).